The van der Waals surface area contributed by atoms with E-state index in [1.165, 1.54) is 50.0 Å². The van der Waals surface area contributed by atoms with E-state index in [0.717, 1.165) is 39.7 Å². The zero-order valence-corrected chi connectivity index (χ0v) is 35.8. The molecule has 59 heavy (non-hydrogen) atoms. The first-order valence-electron chi connectivity index (χ1n) is 20.8. The van der Waals surface area contributed by atoms with Crippen LogP contribution in [0.25, 0.3) is 38.8 Å². The van der Waals surface area contributed by atoms with Crippen molar-refractivity contribution in [1.29, 1.82) is 0 Å². The Morgan fingerprint density at radius 1 is 0.458 bits per heavy atom. The van der Waals surface area contributed by atoms with E-state index in [9.17, 15) is 0 Å². The molecule has 0 fully saturated rings. The van der Waals surface area contributed by atoms with Gasteiger partial charge in [0.05, 0.1) is 22.4 Å². The highest BCUT2D eigenvalue weighted by Gasteiger charge is 2.30. The van der Waals surface area contributed by atoms with Gasteiger partial charge in [0.25, 0.3) is 0 Å². The van der Waals surface area contributed by atoms with Crippen LogP contribution in [0.3, 0.4) is 0 Å². The molecule has 5 nitrogen and oxygen atoms in total. The van der Waals surface area contributed by atoms with E-state index in [0.29, 0.717) is 6.67 Å². The van der Waals surface area contributed by atoms with Crippen molar-refractivity contribution >= 4 is 44.6 Å². The van der Waals surface area contributed by atoms with Crippen molar-refractivity contribution in [2.24, 2.45) is 0 Å². The van der Waals surface area contributed by atoms with Crippen molar-refractivity contribution in [3.05, 3.63) is 168 Å². The van der Waals surface area contributed by atoms with E-state index in [1.807, 2.05) is 12.3 Å². The van der Waals surface area contributed by atoms with Crippen molar-refractivity contribution in [2.75, 3.05) is 16.5 Å². The second kappa shape index (κ2) is 14.2. The van der Waals surface area contributed by atoms with E-state index in [2.05, 4.69) is 216 Å². The van der Waals surface area contributed by atoms with Gasteiger partial charge >= 0.3 is 0 Å². The van der Waals surface area contributed by atoms with E-state index < -0.39 is 0 Å². The molecule has 0 spiro atoms. The summed E-state index contributed by atoms with van der Waals surface area (Å²) in [6.07, 6.45) is 1.92. The Kier molecular flexibility index (Phi) is 9.19. The molecule has 0 bridgehead atoms. The molecule has 0 saturated carbocycles. The first kappa shape index (κ1) is 38.2. The molecule has 0 amide bonds. The van der Waals surface area contributed by atoms with Gasteiger partial charge in [-0.3, -0.25) is 4.57 Å². The summed E-state index contributed by atoms with van der Waals surface area (Å²) in [7, 11) is 0. The number of benzene rings is 6. The van der Waals surface area contributed by atoms with Crippen LogP contribution in [0.1, 0.15) is 79.0 Å². The maximum Gasteiger partial charge on any atom is 0.137 e. The maximum absolute atomic E-state index is 6.72. The van der Waals surface area contributed by atoms with Crippen LogP contribution in [0, 0.1) is 0 Å². The van der Waals surface area contributed by atoms with Gasteiger partial charge in [-0.15, -0.1) is 0 Å². The summed E-state index contributed by atoms with van der Waals surface area (Å²) in [4.78, 5) is 9.70. The van der Waals surface area contributed by atoms with Crippen molar-refractivity contribution in [3.63, 3.8) is 0 Å². The third-order valence-corrected chi connectivity index (χ3v) is 11.8. The van der Waals surface area contributed by atoms with Crippen LogP contribution >= 0.6 is 0 Å². The fraction of sp³-hybridized carbons (Fsp3) is 0.241. The third kappa shape index (κ3) is 7.24. The highest BCUT2D eigenvalue weighted by molar-refractivity contribution is 6.09. The largest absolute Gasteiger partial charge is 0.457 e. The van der Waals surface area contributed by atoms with Crippen molar-refractivity contribution in [2.45, 2.75) is 78.6 Å². The molecular formula is C54H54N4O. The zero-order chi connectivity index (χ0) is 41.3. The van der Waals surface area contributed by atoms with E-state index in [4.69, 9.17) is 9.72 Å². The van der Waals surface area contributed by atoms with Gasteiger partial charge in [-0.2, -0.15) is 0 Å². The van der Waals surface area contributed by atoms with Crippen LogP contribution < -0.4 is 14.5 Å². The summed E-state index contributed by atoms with van der Waals surface area (Å²) in [6, 6.07) is 52.7. The lowest BCUT2D eigenvalue weighted by Gasteiger charge is -2.27. The molecule has 0 aliphatic carbocycles. The van der Waals surface area contributed by atoms with Crippen LogP contribution in [0.4, 0.5) is 22.7 Å². The number of para-hydroxylation sites is 3. The Hall–Kier alpha value is -6.33. The second-order valence-electron chi connectivity index (χ2n) is 19.1. The Labute approximate surface area is 349 Å². The smallest absolute Gasteiger partial charge is 0.137 e. The van der Waals surface area contributed by atoms with E-state index in [1.54, 1.807) is 0 Å². The molecule has 1 aliphatic heterocycles. The SMILES string of the molecule is CC(C)(C)c1ccc(-c2cc(N3CN(c4cccc(Oc5ccc6c7ccccc7n(-c7cc(C(C)(C)C)ccn7)c6c5)c4)c4ccccc43)cc(C(C)(C)C)c2)cc1. The number of fused-ring (bicyclic) bond motifs is 4. The summed E-state index contributed by atoms with van der Waals surface area (Å²) in [6.45, 7) is 21.1. The first-order chi connectivity index (χ1) is 28.1. The number of anilines is 4. The van der Waals surface area contributed by atoms with Gasteiger partial charge in [0.1, 0.15) is 24.0 Å². The van der Waals surface area contributed by atoms with Gasteiger partial charge < -0.3 is 14.5 Å². The molecule has 2 aromatic heterocycles. The lowest BCUT2D eigenvalue weighted by atomic mass is 9.83. The monoisotopic (exact) mass is 774 g/mol. The van der Waals surface area contributed by atoms with Crippen LogP contribution in [0.15, 0.2) is 152 Å². The fourth-order valence-corrected chi connectivity index (χ4v) is 8.30. The number of hydrogen-bond donors (Lipinski definition) is 0. The zero-order valence-electron chi connectivity index (χ0n) is 35.8. The summed E-state index contributed by atoms with van der Waals surface area (Å²) in [5.74, 6) is 2.46. The maximum atomic E-state index is 6.72. The van der Waals surface area contributed by atoms with Gasteiger partial charge in [-0.25, -0.2) is 4.98 Å². The Balaban J connectivity index is 1.06. The second-order valence-corrected chi connectivity index (χ2v) is 19.1. The lowest BCUT2D eigenvalue weighted by molar-refractivity contribution is 0.483. The molecule has 0 radical (unpaired) electrons. The third-order valence-electron chi connectivity index (χ3n) is 11.8. The Bertz CT molecular complexity index is 2850. The molecule has 0 unspecified atom stereocenters. The molecule has 5 heteroatoms. The minimum atomic E-state index is -0.0228. The van der Waals surface area contributed by atoms with Crippen LogP contribution in [-0.4, -0.2) is 16.2 Å². The lowest BCUT2D eigenvalue weighted by Crippen LogP contribution is -2.24. The number of ether oxygens (including phenoxy) is 1. The van der Waals surface area contributed by atoms with Gasteiger partial charge in [-0.1, -0.05) is 129 Å². The molecule has 296 valence electrons. The minimum absolute atomic E-state index is 0.000939. The number of nitrogens with zero attached hydrogens (tertiary/aromatic N) is 4. The first-order valence-corrected chi connectivity index (χ1v) is 20.8. The quantitative estimate of drug-likeness (QED) is 0.168. The molecule has 0 saturated heterocycles. The number of aromatic nitrogens is 2. The number of rotatable bonds is 6. The van der Waals surface area contributed by atoms with Gasteiger partial charge in [-0.05, 0) is 111 Å². The van der Waals surface area contributed by atoms with E-state index >= 15 is 0 Å². The van der Waals surface area contributed by atoms with Crippen molar-refractivity contribution in [3.8, 4) is 28.4 Å². The number of hydrogen-bond acceptors (Lipinski definition) is 4. The molecule has 1 aliphatic rings. The average molecular weight is 775 g/mol. The van der Waals surface area contributed by atoms with E-state index in [-0.39, 0.29) is 16.2 Å². The molecular weight excluding hydrogens is 721 g/mol. The Morgan fingerprint density at radius 2 is 1.10 bits per heavy atom. The van der Waals surface area contributed by atoms with Crippen LogP contribution in [0.5, 0.6) is 11.5 Å². The average Bonchev–Trinajstić information content (AvgIpc) is 3.76. The molecule has 0 N–H and O–H groups in total. The fourth-order valence-electron chi connectivity index (χ4n) is 8.30. The van der Waals surface area contributed by atoms with Gasteiger partial charge in [0.2, 0.25) is 0 Å². The van der Waals surface area contributed by atoms with Crippen molar-refractivity contribution in [1.82, 2.24) is 9.55 Å². The Morgan fingerprint density at radius 3 is 1.81 bits per heavy atom. The minimum Gasteiger partial charge on any atom is -0.457 e. The summed E-state index contributed by atoms with van der Waals surface area (Å²) in [5.41, 5.74) is 13.2. The molecule has 9 rings (SSSR count). The number of pyridine rings is 1. The van der Waals surface area contributed by atoms with Crippen LogP contribution in [0.2, 0.25) is 0 Å². The molecule has 0 atom stereocenters. The molecule has 8 aromatic rings. The summed E-state index contributed by atoms with van der Waals surface area (Å²) in [5, 5.41) is 2.36. The molecule has 6 aromatic carbocycles. The standard InChI is InChI=1S/C54H54N4O/c1-52(2,3)38-23-21-36(22-24-38)37-29-40(54(7,8)9)31-42(30-37)57-35-56(48-19-12-13-20-49(48)57)41-15-14-16-43(33-41)59-44-25-26-46-45-17-10-11-18-47(45)58(50(46)34-44)51-32-39(27-28-55-51)53(4,5)6/h10-34H,35H2,1-9H3. The van der Waals surface area contributed by atoms with Gasteiger partial charge in [0.15, 0.2) is 0 Å². The van der Waals surface area contributed by atoms with Gasteiger partial charge in [0, 0.05) is 40.5 Å². The normalized spacial score (nSPS) is 13.4. The predicted octanol–water partition coefficient (Wildman–Crippen LogP) is 14.8. The predicted molar refractivity (Wildman–Crippen MR) is 249 cm³/mol. The summed E-state index contributed by atoms with van der Waals surface area (Å²) >= 11 is 0. The highest BCUT2D eigenvalue weighted by Crippen LogP contribution is 2.47. The molecule has 3 heterocycles. The van der Waals surface area contributed by atoms with Crippen molar-refractivity contribution < 1.29 is 4.74 Å². The topological polar surface area (TPSA) is 33.5 Å². The summed E-state index contributed by atoms with van der Waals surface area (Å²) < 4.78 is 8.99. The highest BCUT2D eigenvalue weighted by atomic mass is 16.5. The van der Waals surface area contributed by atoms with Crippen LogP contribution in [-0.2, 0) is 16.2 Å².